The van der Waals surface area contributed by atoms with E-state index in [-0.39, 0.29) is 0 Å². The molecule has 0 aromatic carbocycles. The molecule has 3 heteroatoms. The molecule has 76 valence electrons. The van der Waals surface area contributed by atoms with Crippen LogP contribution in [0.5, 0.6) is 0 Å². The van der Waals surface area contributed by atoms with Gasteiger partial charge in [0.25, 0.3) is 0 Å². The first-order valence-electron chi connectivity index (χ1n) is 4.97. The number of rotatable bonds is 5. The zero-order valence-electron chi connectivity index (χ0n) is 8.58. The van der Waals surface area contributed by atoms with E-state index < -0.39 is 0 Å². The van der Waals surface area contributed by atoms with E-state index in [0.717, 1.165) is 25.4 Å². The number of ketones is 1. The van der Waals surface area contributed by atoms with Crippen LogP contribution >= 0.6 is 11.8 Å². The predicted molar refractivity (Wildman–Crippen MR) is 58.3 cm³/mol. The van der Waals surface area contributed by atoms with Gasteiger partial charge in [0, 0.05) is 18.2 Å². The maximum absolute atomic E-state index is 10.7. The SMILES string of the molecule is CC(=O)CCCN(C)C1CCSC1. The van der Waals surface area contributed by atoms with Gasteiger partial charge < -0.3 is 9.69 Å². The predicted octanol–water partition coefficient (Wildman–Crippen LogP) is 1.79. The minimum atomic E-state index is 0.314. The summed E-state index contributed by atoms with van der Waals surface area (Å²) in [6.07, 6.45) is 3.08. The second-order valence-corrected chi connectivity index (χ2v) is 4.95. The zero-order valence-corrected chi connectivity index (χ0v) is 9.40. The Bertz CT molecular complexity index is 166. The molecule has 1 fully saturated rings. The third-order valence-corrected chi connectivity index (χ3v) is 3.71. The van der Waals surface area contributed by atoms with Crippen LogP contribution in [-0.2, 0) is 4.79 Å². The van der Waals surface area contributed by atoms with E-state index >= 15 is 0 Å². The van der Waals surface area contributed by atoms with Crippen molar-refractivity contribution in [2.24, 2.45) is 0 Å². The maximum Gasteiger partial charge on any atom is 0.129 e. The Hall–Kier alpha value is -0.0200. The molecule has 1 rings (SSSR count). The van der Waals surface area contributed by atoms with Crippen molar-refractivity contribution in [1.82, 2.24) is 4.90 Å². The lowest BCUT2D eigenvalue weighted by Gasteiger charge is -2.22. The quantitative estimate of drug-likeness (QED) is 0.676. The highest BCUT2D eigenvalue weighted by atomic mass is 32.2. The lowest BCUT2D eigenvalue weighted by molar-refractivity contribution is -0.117. The third-order valence-electron chi connectivity index (χ3n) is 2.57. The van der Waals surface area contributed by atoms with Crippen LogP contribution in [0.15, 0.2) is 0 Å². The van der Waals surface area contributed by atoms with Crippen molar-refractivity contribution in [3.63, 3.8) is 0 Å². The van der Waals surface area contributed by atoms with Crippen LogP contribution in [0.3, 0.4) is 0 Å². The molecule has 1 saturated heterocycles. The summed E-state index contributed by atoms with van der Waals surface area (Å²) in [4.78, 5) is 13.1. The van der Waals surface area contributed by atoms with Crippen LogP contribution in [0.2, 0.25) is 0 Å². The van der Waals surface area contributed by atoms with Gasteiger partial charge in [-0.1, -0.05) is 0 Å². The van der Waals surface area contributed by atoms with Crippen molar-refractivity contribution < 1.29 is 4.79 Å². The first kappa shape index (κ1) is 11.1. The number of thioether (sulfide) groups is 1. The summed E-state index contributed by atoms with van der Waals surface area (Å²) in [6, 6.07) is 0.761. The molecule has 0 bridgehead atoms. The van der Waals surface area contributed by atoms with Crippen molar-refractivity contribution in [1.29, 1.82) is 0 Å². The number of hydrogen-bond acceptors (Lipinski definition) is 3. The molecule has 2 nitrogen and oxygen atoms in total. The Labute approximate surface area is 85.1 Å². The van der Waals surface area contributed by atoms with E-state index in [1.807, 2.05) is 11.8 Å². The molecular formula is C10H19NOS. The Morgan fingerprint density at radius 3 is 2.92 bits per heavy atom. The van der Waals surface area contributed by atoms with Crippen LogP contribution in [0.4, 0.5) is 0 Å². The highest BCUT2D eigenvalue weighted by Gasteiger charge is 2.19. The lowest BCUT2D eigenvalue weighted by atomic mass is 10.2. The van der Waals surface area contributed by atoms with Gasteiger partial charge in [0.2, 0.25) is 0 Å². The van der Waals surface area contributed by atoms with Gasteiger partial charge in [0.1, 0.15) is 5.78 Å². The number of carbonyl (C=O) groups excluding carboxylic acids is 1. The van der Waals surface area contributed by atoms with Gasteiger partial charge in [-0.25, -0.2) is 0 Å². The number of nitrogens with zero attached hydrogens (tertiary/aromatic N) is 1. The molecule has 1 atom stereocenters. The van der Waals surface area contributed by atoms with Gasteiger partial charge in [-0.05, 0) is 39.1 Å². The number of carbonyl (C=O) groups is 1. The Morgan fingerprint density at radius 2 is 2.38 bits per heavy atom. The van der Waals surface area contributed by atoms with Crippen LogP contribution in [0, 0.1) is 0 Å². The van der Waals surface area contributed by atoms with Crippen molar-refractivity contribution in [3.05, 3.63) is 0 Å². The zero-order chi connectivity index (χ0) is 9.68. The summed E-state index contributed by atoms with van der Waals surface area (Å²) in [7, 11) is 2.18. The molecule has 0 spiro atoms. The van der Waals surface area contributed by atoms with E-state index in [9.17, 15) is 4.79 Å². The molecule has 0 saturated carbocycles. The highest BCUT2D eigenvalue weighted by molar-refractivity contribution is 7.99. The molecule has 1 aliphatic heterocycles. The van der Waals surface area contributed by atoms with Gasteiger partial charge >= 0.3 is 0 Å². The molecule has 1 aliphatic rings. The van der Waals surface area contributed by atoms with Crippen molar-refractivity contribution >= 4 is 17.5 Å². The molecule has 1 heterocycles. The van der Waals surface area contributed by atoms with E-state index in [0.29, 0.717) is 5.78 Å². The topological polar surface area (TPSA) is 20.3 Å². The second kappa shape index (κ2) is 5.66. The van der Waals surface area contributed by atoms with Gasteiger partial charge in [-0.15, -0.1) is 0 Å². The van der Waals surface area contributed by atoms with Crippen molar-refractivity contribution in [3.8, 4) is 0 Å². The Balaban J connectivity index is 2.09. The van der Waals surface area contributed by atoms with Crippen LogP contribution in [0.1, 0.15) is 26.2 Å². The number of Topliss-reactive ketones (excluding diaryl/α,β-unsaturated/α-hetero) is 1. The molecule has 0 aliphatic carbocycles. The largest absolute Gasteiger partial charge is 0.303 e. The molecule has 0 amide bonds. The fourth-order valence-electron chi connectivity index (χ4n) is 1.63. The summed E-state index contributed by atoms with van der Waals surface area (Å²) in [6.45, 7) is 2.75. The van der Waals surface area contributed by atoms with E-state index in [4.69, 9.17) is 0 Å². The average molecular weight is 201 g/mol. The monoisotopic (exact) mass is 201 g/mol. The minimum Gasteiger partial charge on any atom is -0.303 e. The van der Waals surface area contributed by atoms with Crippen molar-refractivity contribution in [2.45, 2.75) is 32.2 Å². The smallest absolute Gasteiger partial charge is 0.129 e. The van der Waals surface area contributed by atoms with Crippen LogP contribution in [0.25, 0.3) is 0 Å². The third kappa shape index (κ3) is 4.14. The van der Waals surface area contributed by atoms with Crippen LogP contribution in [-0.4, -0.2) is 41.8 Å². The van der Waals surface area contributed by atoms with Crippen LogP contribution < -0.4 is 0 Å². The Kier molecular flexibility index (Phi) is 4.81. The first-order chi connectivity index (χ1) is 6.20. The van der Waals surface area contributed by atoms with E-state index in [1.165, 1.54) is 17.9 Å². The molecule has 0 aromatic heterocycles. The molecule has 0 aromatic rings. The lowest BCUT2D eigenvalue weighted by Crippen LogP contribution is -2.32. The normalized spacial score (nSPS) is 22.5. The second-order valence-electron chi connectivity index (χ2n) is 3.80. The fraction of sp³-hybridized carbons (Fsp3) is 0.900. The molecular weight excluding hydrogens is 182 g/mol. The summed E-state index contributed by atoms with van der Waals surface area (Å²) in [5, 5.41) is 0. The van der Waals surface area contributed by atoms with Crippen molar-refractivity contribution in [2.75, 3.05) is 25.1 Å². The molecule has 13 heavy (non-hydrogen) atoms. The maximum atomic E-state index is 10.7. The van der Waals surface area contributed by atoms with E-state index in [2.05, 4.69) is 11.9 Å². The molecule has 0 N–H and O–H groups in total. The Morgan fingerprint density at radius 1 is 1.62 bits per heavy atom. The molecule has 0 radical (unpaired) electrons. The van der Waals surface area contributed by atoms with Gasteiger partial charge in [0.05, 0.1) is 0 Å². The van der Waals surface area contributed by atoms with Gasteiger partial charge in [-0.2, -0.15) is 11.8 Å². The fourth-order valence-corrected chi connectivity index (χ4v) is 2.93. The summed E-state index contributed by atoms with van der Waals surface area (Å²) in [5.74, 6) is 2.90. The number of hydrogen-bond donors (Lipinski definition) is 0. The summed E-state index contributed by atoms with van der Waals surface area (Å²) >= 11 is 2.04. The van der Waals surface area contributed by atoms with Gasteiger partial charge in [0.15, 0.2) is 0 Å². The highest BCUT2D eigenvalue weighted by Crippen LogP contribution is 2.21. The summed E-state index contributed by atoms with van der Waals surface area (Å²) < 4.78 is 0. The average Bonchev–Trinajstić information content (AvgIpc) is 2.55. The molecule has 1 unspecified atom stereocenters. The minimum absolute atomic E-state index is 0.314. The standard InChI is InChI=1S/C10H19NOS/c1-9(12)4-3-6-11(2)10-5-7-13-8-10/h10H,3-8H2,1-2H3. The summed E-state index contributed by atoms with van der Waals surface area (Å²) in [5.41, 5.74) is 0. The van der Waals surface area contributed by atoms with Gasteiger partial charge in [-0.3, -0.25) is 0 Å². The van der Waals surface area contributed by atoms with E-state index in [1.54, 1.807) is 6.92 Å². The first-order valence-corrected chi connectivity index (χ1v) is 6.13.